The van der Waals surface area contributed by atoms with Crippen LogP contribution >= 0.6 is 0 Å². The third-order valence-electron chi connectivity index (χ3n) is 3.11. The van der Waals surface area contributed by atoms with Crippen LogP contribution in [0.4, 0.5) is 0 Å². The van der Waals surface area contributed by atoms with Crippen molar-refractivity contribution in [3.63, 3.8) is 0 Å². The highest BCUT2D eigenvalue weighted by molar-refractivity contribution is 5.98. The standard InChI is InChI=1S/C15H20O4/c1-5-19-15(17)14(11(3)16)10(2)12-8-6-7-9-13(12)18-4/h6-10,14H,5H2,1-4H3. The third-order valence-corrected chi connectivity index (χ3v) is 3.11. The van der Waals surface area contributed by atoms with Gasteiger partial charge in [-0.25, -0.2) is 0 Å². The predicted molar refractivity (Wildman–Crippen MR) is 72.2 cm³/mol. The number of hydrogen-bond acceptors (Lipinski definition) is 4. The van der Waals surface area contributed by atoms with Gasteiger partial charge in [0.15, 0.2) is 0 Å². The second-order valence-corrected chi connectivity index (χ2v) is 4.37. The number of carbonyl (C=O) groups is 2. The van der Waals surface area contributed by atoms with E-state index in [2.05, 4.69) is 0 Å². The van der Waals surface area contributed by atoms with Gasteiger partial charge in [-0.2, -0.15) is 0 Å². The van der Waals surface area contributed by atoms with Crippen LogP contribution in [-0.4, -0.2) is 25.5 Å². The maximum atomic E-state index is 11.9. The van der Waals surface area contributed by atoms with E-state index < -0.39 is 11.9 Å². The summed E-state index contributed by atoms with van der Waals surface area (Å²) in [6, 6.07) is 7.38. The SMILES string of the molecule is CCOC(=O)C(C(C)=O)C(C)c1ccccc1OC. The Morgan fingerprint density at radius 2 is 1.89 bits per heavy atom. The Bertz CT molecular complexity index is 453. The van der Waals surface area contributed by atoms with Crippen LogP contribution in [0.2, 0.25) is 0 Å². The number of carbonyl (C=O) groups excluding carboxylic acids is 2. The van der Waals surface area contributed by atoms with Gasteiger partial charge < -0.3 is 9.47 Å². The number of ketones is 1. The molecule has 0 heterocycles. The lowest BCUT2D eigenvalue weighted by atomic mass is 9.84. The van der Waals surface area contributed by atoms with Crippen LogP contribution in [0.15, 0.2) is 24.3 Å². The summed E-state index contributed by atoms with van der Waals surface area (Å²) in [5, 5.41) is 0. The summed E-state index contributed by atoms with van der Waals surface area (Å²) in [6.07, 6.45) is 0. The lowest BCUT2D eigenvalue weighted by Gasteiger charge is -2.22. The van der Waals surface area contributed by atoms with E-state index in [9.17, 15) is 9.59 Å². The fraction of sp³-hybridized carbons (Fsp3) is 0.467. The summed E-state index contributed by atoms with van der Waals surface area (Å²) in [5.41, 5.74) is 0.832. The molecule has 1 aromatic rings. The second-order valence-electron chi connectivity index (χ2n) is 4.37. The predicted octanol–water partition coefficient (Wildman–Crippen LogP) is 2.57. The zero-order chi connectivity index (χ0) is 14.4. The van der Waals surface area contributed by atoms with Gasteiger partial charge in [-0.1, -0.05) is 25.1 Å². The molecule has 104 valence electrons. The number of ether oxygens (including phenoxy) is 2. The second kappa shape index (κ2) is 6.92. The number of para-hydroxylation sites is 1. The summed E-state index contributed by atoms with van der Waals surface area (Å²) in [7, 11) is 1.57. The molecule has 19 heavy (non-hydrogen) atoms. The van der Waals surface area contributed by atoms with Gasteiger partial charge in [-0.3, -0.25) is 9.59 Å². The van der Waals surface area contributed by atoms with Crippen LogP contribution in [0.25, 0.3) is 0 Å². The zero-order valence-electron chi connectivity index (χ0n) is 11.8. The van der Waals surface area contributed by atoms with Crippen molar-refractivity contribution in [2.24, 2.45) is 5.92 Å². The van der Waals surface area contributed by atoms with Crippen molar-refractivity contribution in [1.29, 1.82) is 0 Å². The molecule has 0 aliphatic rings. The monoisotopic (exact) mass is 264 g/mol. The molecule has 4 nitrogen and oxygen atoms in total. The number of rotatable bonds is 6. The van der Waals surface area contributed by atoms with Crippen molar-refractivity contribution in [3.05, 3.63) is 29.8 Å². The van der Waals surface area contributed by atoms with E-state index in [0.717, 1.165) is 5.56 Å². The largest absolute Gasteiger partial charge is 0.496 e. The minimum absolute atomic E-state index is 0.197. The minimum atomic E-state index is -0.795. The molecule has 0 radical (unpaired) electrons. The Morgan fingerprint density at radius 3 is 2.42 bits per heavy atom. The Hall–Kier alpha value is -1.84. The number of methoxy groups -OCH3 is 1. The van der Waals surface area contributed by atoms with Crippen LogP contribution in [-0.2, 0) is 14.3 Å². The lowest BCUT2D eigenvalue weighted by molar-refractivity contribution is -0.151. The van der Waals surface area contributed by atoms with E-state index in [0.29, 0.717) is 5.75 Å². The molecule has 2 atom stereocenters. The molecular formula is C15H20O4. The van der Waals surface area contributed by atoms with Crippen molar-refractivity contribution in [2.75, 3.05) is 13.7 Å². The Kier molecular flexibility index (Phi) is 5.55. The van der Waals surface area contributed by atoms with Crippen LogP contribution < -0.4 is 4.74 Å². The maximum Gasteiger partial charge on any atom is 0.317 e. The molecule has 0 aromatic heterocycles. The van der Waals surface area contributed by atoms with E-state index in [1.165, 1.54) is 6.92 Å². The number of esters is 1. The van der Waals surface area contributed by atoms with Gasteiger partial charge in [0, 0.05) is 5.92 Å². The molecule has 1 aromatic carbocycles. The molecule has 2 unspecified atom stereocenters. The van der Waals surface area contributed by atoms with Crippen molar-refractivity contribution in [1.82, 2.24) is 0 Å². The van der Waals surface area contributed by atoms with E-state index in [1.54, 1.807) is 14.0 Å². The van der Waals surface area contributed by atoms with Gasteiger partial charge in [0.05, 0.1) is 13.7 Å². The molecule has 0 spiro atoms. The summed E-state index contributed by atoms with van der Waals surface area (Å²) < 4.78 is 10.3. The Morgan fingerprint density at radius 1 is 1.26 bits per heavy atom. The van der Waals surface area contributed by atoms with E-state index in [4.69, 9.17) is 9.47 Å². The van der Waals surface area contributed by atoms with E-state index in [1.807, 2.05) is 31.2 Å². The smallest absolute Gasteiger partial charge is 0.317 e. The first-order chi connectivity index (χ1) is 9.02. The fourth-order valence-electron chi connectivity index (χ4n) is 2.18. The van der Waals surface area contributed by atoms with Gasteiger partial charge in [-0.05, 0) is 25.5 Å². The Balaban J connectivity index is 3.09. The zero-order valence-corrected chi connectivity index (χ0v) is 11.8. The van der Waals surface area contributed by atoms with Crippen molar-refractivity contribution in [3.8, 4) is 5.75 Å². The molecule has 0 fully saturated rings. The summed E-state index contributed by atoms with van der Waals surface area (Å²) >= 11 is 0. The molecule has 1 rings (SSSR count). The summed E-state index contributed by atoms with van der Waals surface area (Å²) in [5.74, 6) is -1.08. The quantitative estimate of drug-likeness (QED) is 0.585. The first-order valence-corrected chi connectivity index (χ1v) is 6.32. The molecule has 0 aliphatic heterocycles. The van der Waals surface area contributed by atoms with E-state index >= 15 is 0 Å². The Labute approximate surface area is 113 Å². The normalized spacial score (nSPS) is 13.5. The molecule has 0 aliphatic carbocycles. The molecular weight excluding hydrogens is 244 g/mol. The number of hydrogen-bond donors (Lipinski definition) is 0. The third kappa shape index (κ3) is 3.56. The van der Waals surface area contributed by atoms with Crippen LogP contribution in [0.1, 0.15) is 32.3 Å². The highest BCUT2D eigenvalue weighted by atomic mass is 16.5. The van der Waals surface area contributed by atoms with Crippen molar-refractivity contribution in [2.45, 2.75) is 26.7 Å². The topological polar surface area (TPSA) is 52.6 Å². The number of Topliss-reactive ketones (excluding diaryl/α,β-unsaturated/α-hetero) is 1. The highest BCUT2D eigenvalue weighted by Crippen LogP contribution is 2.32. The molecule has 0 saturated carbocycles. The molecule has 0 amide bonds. The van der Waals surface area contributed by atoms with Gasteiger partial charge in [0.1, 0.15) is 17.5 Å². The summed E-state index contributed by atoms with van der Waals surface area (Å²) in [4.78, 5) is 23.6. The highest BCUT2D eigenvalue weighted by Gasteiger charge is 2.33. The molecule has 0 saturated heterocycles. The van der Waals surface area contributed by atoms with Gasteiger partial charge in [0.2, 0.25) is 0 Å². The van der Waals surface area contributed by atoms with Crippen LogP contribution in [0.3, 0.4) is 0 Å². The van der Waals surface area contributed by atoms with Gasteiger partial charge in [0.25, 0.3) is 0 Å². The number of benzene rings is 1. The van der Waals surface area contributed by atoms with Crippen LogP contribution in [0, 0.1) is 5.92 Å². The molecule has 4 heteroatoms. The van der Waals surface area contributed by atoms with Crippen molar-refractivity contribution >= 4 is 11.8 Å². The summed E-state index contributed by atoms with van der Waals surface area (Å²) in [6.45, 7) is 5.23. The lowest BCUT2D eigenvalue weighted by Crippen LogP contribution is -2.29. The molecule has 0 bridgehead atoms. The average Bonchev–Trinajstić information content (AvgIpc) is 2.38. The maximum absolute atomic E-state index is 11.9. The van der Waals surface area contributed by atoms with Gasteiger partial charge in [-0.15, -0.1) is 0 Å². The van der Waals surface area contributed by atoms with Crippen LogP contribution in [0.5, 0.6) is 5.75 Å². The average molecular weight is 264 g/mol. The molecule has 0 N–H and O–H groups in total. The minimum Gasteiger partial charge on any atom is -0.496 e. The first-order valence-electron chi connectivity index (χ1n) is 6.32. The fourth-order valence-corrected chi connectivity index (χ4v) is 2.18. The first kappa shape index (κ1) is 15.2. The van der Waals surface area contributed by atoms with E-state index in [-0.39, 0.29) is 18.3 Å². The van der Waals surface area contributed by atoms with Crippen molar-refractivity contribution < 1.29 is 19.1 Å². The van der Waals surface area contributed by atoms with Gasteiger partial charge >= 0.3 is 5.97 Å².